The van der Waals surface area contributed by atoms with Crippen molar-refractivity contribution in [3.63, 3.8) is 0 Å². The zero-order valence-corrected chi connectivity index (χ0v) is 17.6. The number of rotatable bonds is 10. The number of carbonyl (C=O) groups excluding carboxylic acids is 1. The number of sulfonamides is 1. The highest BCUT2D eigenvalue weighted by Gasteiger charge is 2.21. The average Bonchev–Trinajstić information content (AvgIpc) is 2.72. The number of hydrogen-bond donors (Lipinski definition) is 2. The smallest absolute Gasteiger partial charge is 0.387 e. The molecule has 2 aromatic carbocycles. The van der Waals surface area contributed by atoms with Crippen LogP contribution in [-0.4, -0.2) is 38.5 Å². The summed E-state index contributed by atoms with van der Waals surface area (Å²) in [6.45, 7) is 1.90. The van der Waals surface area contributed by atoms with Crippen molar-refractivity contribution in [1.82, 2.24) is 14.9 Å². The molecule has 0 radical (unpaired) electrons. The van der Waals surface area contributed by atoms with Crippen molar-refractivity contribution in [2.45, 2.75) is 38.4 Å². The summed E-state index contributed by atoms with van der Waals surface area (Å²) in [7, 11) is -3.52. The first-order chi connectivity index (χ1) is 14.3. The molecule has 0 spiro atoms. The van der Waals surface area contributed by atoms with Crippen molar-refractivity contribution in [3.05, 3.63) is 59.7 Å². The number of urea groups is 1. The van der Waals surface area contributed by atoms with Gasteiger partial charge in [0, 0.05) is 26.2 Å². The van der Waals surface area contributed by atoms with Crippen LogP contribution in [0.5, 0.6) is 5.75 Å². The summed E-state index contributed by atoms with van der Waals surface area (Å²) in [4.78, 5) is 12.2. The van der Waals surface area contributed by atoms with E-state index in [4.69, 9.17) is 0 Å². The minimum absolute atomic E-state index is 0.0460. The van der Waals surface area contributed by atoms with Gasteiger partial charge >= 0.3 is 12.6 Å². The molecule has 30 heavy (non-hydrogen) atoms. The van der Waals surface area contributed by atoms with E-state index >= 15 is 0 Å². The van der Waals surface area contributed by atoms with E-state index in [9.17, 15) is 22.0 Å². The first-order valence-electron chi connectivity index (χ1n) is 9.40. The number of ether oxygens (including phenoxy) is 1. The second-order valence-corrected chi connectivity index (χ2v) is 8.23. The second kappa shape index (κ2) is 10.9. The molecule has 0 saturated carbocycles. The molecule has 0 aromatic heterocycles. The van der Waals surface area contributed by atoms with E-state index in [0.717, 1.165) is 11.1 Å². The first-order valence-corrected chi connectivity index (χ1v) is 10.8. The number of hydrogen-bond acceptors (Lipinski definition) is 4. The molecule has 0 heterocycles. The Morgan fingerprint density at radius 2 is 1.40 bits per heavy atom. The van der Waals surface area contributed by atoms with Crippen LogP contribution in [0.2, 0.25) is 0 Å². The van der Waals surface area contributed by atoms with E-state index < -0.39 is 22.7 Å². The van der Waals surface area contributed by atoms with Gasteiger partial charge in [-0.1, -0.05) is 38.1 Å². The fourth-order valence-electron chi connectivity index (χ4n) is 2.71. The van der Waals surface area contributed by atoms with Gasteiger partial charge in [0.2, 0.25) is 10.0 Å². The predicted molar refractivity (Wildman–Crippen MR) is 109 cm³/mol. The van der Waals surface area contributed by atoms with Gasteiger partial charge in [-0.05, 0) is 35.4 Å². The van der Waals surface area contributed by atoms with Gasteiger partial charge in [-0.25, -0.2) is 13.2 Å². The van der Waals surface area contributed by atoms with E-state index in [0.29, 0.717) is 13.1 Å². The van der Waals surface area contributed by atoms with Crippen LogP contribution in [0.1, 0.15) is 25.0 Å². The van der Waals surface area contributed by atoms with Crippen LogP contribution in [0.15, 0.2) is 53.4 Å². The largest absolute Gasteiger partial charge is 0.435 e. The molecule has 2 amide bonds. The third-order valence-electron chi connectivity index (χ3n) is 4.32. The highest BCUT2D eigenvalue weighted by molar-refractivity contribution is 7.89. The van der Waals surface area contributed by atoms with Gasteiger partial charge in [0.15, 0.2) is 0 Å². The molecule has 0 aliphatic rings. The molecule has 0 atom stereocenters. The van der Waals surface area contributed by atoms with Gasteiger partial charge in [-0.3, -0.25) is 0 Å². The number of nitrogens with zero attached hydrogens (tertiary/aromatic N) is 1. The number of halogens is 2. The van der Waals surface area contributed by atoms with Crippen LogP contribution < -0.4 is 15.4 Å². The fraction of sp³-hybridized carbons (Fsp3) is 0.350. The van der Waals surface area contributed by atoms with Crippen LogP contribution in [0.25, 0.3) is 0 Å². The summed E-state index contributed by atoms with van der Waals surface area (Å²) in [6, 6.07) is 11.9. The maximum Gasteiger partial charge on any atom is 0.387 e. The Balaban J connectivity index is 1.83. The Hall–Kier alpha value is -2.72. The SMILES string of the molecule is CCN(CC)S(=O)(=O)c1ccc(CNC(=O)NCc2ccc(OC(F)F)cc2)cc1. The van der Waals surface area contributed by atoms with Gasteiger partial charge in [-0.15, -0.1) is 0 Å². The van der Waals surface area contributed by atoms with Gasteiger partial charge < -0.3 is 15.4 Å². The van der Waals surface area contributed by atoms with Gasteiger partial charge in [0.1, 0.15) is 5.75 Å². The van der Waals surface area contributed by atoms with E-state index in [1.54, 1.807) is 38.1 Å². The Kier molecular flexibility index (Phi) is 8.55. The number of benzene rings is 2. The van der Waals surface area contributed by atoms with Gasteiger partial charge in [0.25, 0.3) is 0 Å². The topological polar surface area (TPSA) is 87.7 Å². The van der Waals surface area contributed by atoms with Crippen LogP contribution >= 0.6 is 0 Å². The van der Waals surface area contributed by atoms with Gasteiger partial charge in [0.05, 0.1) is 4.90 Å². The lowest BCUT2D eigenvalue weighted by molar-refractivity contribution is -0.0498. The molecule has 2 aromatic rings. The van der Waals surface area contributed by atoms with Gasteiger partial charge in [-0.2, -0.15) is 13.1 Å². The Morgan fingerprint density at radius 1 is 0.933 bits per heavy atom. The van der Waals surface area contributed by atoms with E-state index in [-0.39, 0.29) is 23.7 Å². The Morgan fingerprint density at radius 3 is 1.83 bits per heavy atom. The maximum absolute atomic E-state index is 12.5. The highest BCUT2D eigenvalue weighted by atomic mass is 32.2. The summed E-state index contributed by atoms with van der Waals surface area (Å²) in [5.41, 5.74) is 1.47. The van der Waals surface area contributed by atoms with E-state index in [1.807, 2.05) is 0 Å². The quantitative estimate of drug-likeness (QED) is 0.592. The Bertz CT molecular complexity index is 916. The summed E-state index contributed by atoms with van der Waals surface area (Å²) in [5.74, 6) is 0.0460. The molecule has 0 fully saturated rings. The second-order valence-electron chi connectivity index (χ2n) is 6.29. The molecule has 2 N–H and O–H groups in total. The van der Waals surface area contributed by atoms with Crippen LogP contribution in [-0.2, 0) is 23.1 Å². The number of alkyl halides is 2. The zero-order chi connectivity index (χ0) is 22.1. The molecule has 10 heteroatoms. The molecule has 164 valence electrons. The monoisotopic (exact) mass is 441 g/mol. The molecular formula is C20H25F2N3O4S. The van der Waals surface area contributed by atoms with Crippen LogP contribution in [0, 0.1) is 0 Å². The van der Waals surface area contributed by atoms with Crippen molar-refractivity contribution in [1.29, 1.82) is 0 Å². The first kappa shape index (κ1) is 23.6. The number of carbonyl (C=O) groups is 1. The normalized spacial score (nSPS) is 11.5. The highest BCUT2D eigenvalue weighted by Crippen LogP contribution is 2.16. The molecule has 0 saturated heterocycles. The summed E-state index contributed by atoms with van der Waals surface area (Å²) >= 11 is 0. The van der Waals surface area contributed by atoms with Crippen molar-refractivity contribution >= 4 is 16.1 Å². The van der Waals surface area contributed by atoms with Crippen molar-refractivity contribution < 1.29 is 26.7 Å². The third-order valence-corrected chi connectivity index (χ3v) is 6.39. The lowest BCUT2D eigenvalue weighted by atomic mass is 10.2. The summed E-state index contributed by atoms with van der Waals surface area (Å²) < 4.78 is 54.8. The maximum atomic E-state index is 12.5. The molecular weight excluding hydrogens is 416 g/mol. The van der Waals surface area contributed by atoms with E-state index in [2.05, 4.69) is 15.4 Å². The lowest BCUT2D eigenvalue weighted by Crippen LogP contribution is -2.34. The molecule has 0 aliphatic carbocycles. The standard InChI is InChI=1S/C20H25F2N3O4S/c1-3-25(4-2)30(27,28)18-11-7-16(8-12-18)14-24-20(26)23-13-15-5-9-17(10-6-15)29-19(21)22/h5-12,19H,3-4,13-14H2,1-2H3,(H2,23,24,26). The molecule has 7 nitrogen and oxygen atoms in total. The third kappa shape index (κ3) is 6.67. The van der Waals surface area contributed by atoms with E-state index in [1.165, 1.54) is 28.6 Å². The van der Waals surface area contributed by atoms with Crippen molar-refractivity contribution in [2.24, 2.45) is 0 Å². The summed E-state index contributed by atoms with van der Waals surface area (Å²) in [6.07, 6.45) is 0. The lowest BCUT2D eigenvalue weighted by Gasteiger charge is -2.18. The Labute approximate surface area is 175 Å². The van der Waals surface area contributed by atoms with Crippen LogP contribution in [0.4, 0.5) is 13.6 Å². The molecule has 0 aliphatic heterocycles. The minimum atomic E-state index is -3.52. The van der Waals surface area contributed by atoms with Crippen molar-refractivity contribution in [2.75, 3.05) is 13.1 Å². The molecule has 2 rings (SSSR count). The number of nitrogens with one attached hydrogen (secondary N) is 2. The minimum Gasteiger partial charge on any atom is -0.435 e. The predicted octanol–water partition coefficient (Wildman–Crippen LogP) is 3.32. The molecule has 0 bridgehead atoms. The average molecular weight is 442 g/mol. The van der Waals surface area contributed by atoms with Crippen molar-refractivity contribution in [3.8, 4) is 5.75 Å². The summed E-state index contributed by atoms with van der Waals surface area (Å²) in [5, 5.41) is 5.33. The zero-order valence-electron chi connectivity index (χ0n) is 16.8. The number of amides is 2. The fourth-order valence-corrected chi connectivity index (χ4v) is 4.17. The molecule has 0 unspecified atom stereocenters. The van der Waals surface area contributed by atoms with Crippen LogP contribution in [0.3, 0.4) is 0 Å².